The molecule has 2 aromatic rings. The van der Waals surface area contributed by atoms with Crippen molar-refractivity contribution in [2.45, 2.75) is 25.4 Å². The van der Waals surface area contributed by atoms with Gasteiger partial charge in [0.25, 0.3) is 5.91 Å². The molecule has 1 amide bonds. The lowest BCUT2D eigenvalue weighted by Crippen LogP contribution is -2.33. The van der Waals surface area contributed by atoms with Crippen molar-refractivity contribution in [3.05, 3.63) is 54.1 Å². The molecule has 1 aliphatic carbocycles. The molecule has 102 valence electrons. The average molecular weight is 269 g/mol. The van der Waals surface area contributed by atoms with Crippen LogP contribution in [0.3, 0.4) is 0 Å². The van der Waals surface area contributed by atoms with Crippen LogP contribution in [0.25, 0.3) is 0 Å². The summed E-state index contributed by atoms with van der Waals surface area (Å²) >= 11 is 0. The van der Waals surface area contributed by atoms with E-state index in [4.69, 9.17) is 0 Å². The van der Waals surface area contributed by atoms with Crippen LogP contribution in [0.4, 0.5) is 0 Å². The van der Waals surface area contributed by atoms with E-state index in [0.717, 1.165) is 18.5 Å². The largest absolute Gasteiger partial charge is 0.506 e. The maximum atomic E-state index is 12.5. The molecule has 0 bridgehead atoms. The van der Waals surface area contributed by atoms with E-state index in [-0.39, 0.29) is 17.7 Å². The van der Waals surface area contributed by atoms with Crippen molar-refractivity contribution in [2.75, 3.05) is 0 Å². The van der Waals surface area contributed by atoms with Gasteiger partial charge in [-0.25, -0.2) is 0 Å². The van der Waals surface area contributed by atoms with Crippen LogP contribution in [-0.2, 0) is 6.54 Å². The number of carbonyl (C=O) groups is 1. The minimum atomic E-state index is -0.110. The average Bonchev–Trinajstić information content (AvgIpc) is 3.30. The molecule has 1 N–H and O–H groups in total. The highest BCUT2D eigenvalue weighted by Crippen LogP contribution is 2.29. The highest BCUT2D eigenvalue weighted by Gasteiger charge is 2.33. The molecule has 0 aromatic carbocycles. The van der Waals surface area contributed by atoms with E-state index in [1.54, 1.807) is 11.1 Å². The van der Waals surface area contributed by atoms with Crippen LogP contribution < -0.4 is 0 Å². The van der Waals surface area contributed by atoms with Gasteiger partial charge in [0, 0.05) is 18.4 Å². The molecule has 2 heterocycles. The molecule has 1 fully saturated rings. The third-order valence-electron chi connectivity index (χ3n) is 3.28. The van der Waals surface area contributed by atoms with Gasteiger partial charge in [-0.05, 0) is 31.0 Å². The molecule has 5 nitrogen and oxygen atoms in total. The fourth-order valence-electron chi connectivity index (χ4n) is 2.13. The first-order chi connectivity index (χ1) is 9.74. The van der Waals surface area contributed by atoms with Crippen molar-refractivity contribution in [3.8, 4) is 5.75 Å². The molecular formula is C15H15N3O2. The molecule has 0 spiro atoms. The fraction of sp³-hybridized carbons (Fsp3) is 0.267. The summed E-state index contributed by atoms with van der Waals surface area (Å²) in [5.41, 5.74) is 1.27. The summed E-state index contributed by atoms with van der Waals surface area (Å²) in [5.74, 6) is -0.106. The number of amides is 1. The molecule has 5 heteroatoms. The molecule has 3 rings (SSSR count). The monoisotopic (exact) mass is 269 g/mol. The maximum Gasteiger partial charge on any atom is 0.256 e. The Balaban J connectivity index is 1.82. The predicted octanol–water partition coefficient (Wildman–Crippen LogP) is 1.99. The van der Waals surface area contributed by atoms with Gasteiger partial charge in [0.2, 0.25) is 0 Å². The molecule has 1 saturated carbocycles. The van der Waals surface area contributed by atoms with E-state index >= 15 is 0 Å². The van der Waals surface area contributed by atoms with Gasteiger partial charge >= 0.3 is 0 Å². The van der Waals surface area contributed by atoms with Gasteiger partial charge in [0.1, 0.15) is 5.75 Å². The summed E-state index contributed by atoms with van der Waals surface area (Å²) in [4.78, 5) is 22.5. The Hall–Kier alpha value is -2.43. The number of hydrogen-bond acceptors (Lipinski definition) is 4. The molecule has 2 aromatic heterocycles. The van der Waals surface area contributed by atoms with Gasteiger partial charge in [0.15, 0.2) is 0 Å². The molecule has 0 atom stereocenters. The number of aromatic hydroxyl groups is 1. The SMILES string of the molecule is O=C(c1cncc(O)c1)N(Cc1ccccn1)C1CC1. The highest BCUT2D eigenvalue weighted by molar-refractivity contribution is 5.94. The number of nitrogens with zero attached hydrogens (tertiary/aromatic N) is 3. The Bertz CT molecular complexity index is 612. The Kier molecular flexibility index (Phi) is 3.33. The number of aromatic nitrogens is 2. The number of pyridine rings is 2. The molecule has 0 saturated heterocycles. The van der Waals surface area contributed by atoms with E-state index in [2.05, 4.69) is 9.97 Å². The maximum absolute atomic E-state index is 12.5. The van der Waals surface area contributed by atoms with Gasteiger partial charge in [-0.3, -0.25) is 14.8 Å². The third-order valence-corrected chi connectivity index (χ3v) is 3.28. The standard InChI is InChI=1S/C15H15N3O2/c19-14-7-11(8-16-9-14)15(20)18(13-4-5-13)10-12-3-1-2-6-17-12/h1-3,6-9,13,19H,4-5,10H2. The second-order valence-corrected chi connectivity index (χ2v) is 4.92. The van der Waals surface area contributed by atoms with Crippen LogP contribution in [-0.4, -0.2) is 31.9 Å². The van der Waals surface area contributed by atoms with Gasteiger partial charge in [0.05, 0.1) is 24.0 Å². The lowest BCUT2D eigenvalue weighted by Gasteiger charge is -2.22. The lowest BCUT2D eigenvalue weighted by molar-refractivity contribution is 0.0727. The zero-order valence-corrected chi connectivity index (χ0v) is 10.9. The van der Waals surface area contributed by atoms with Gasteiger partial charge in [-0.15, -0.1) is 0 Å². The van der Waals surface area contributed by atoms with Gasteiger partial charge in [-0.2, -0.15) is 0 Å². The molecule has 20 heavy (non-hydrogen) atoms. The van der Waals surface area contributed by atoms with Crippen LogP contribution in [0, 0.1) is 0 Å². The van der Waals surface area contributed by atoms with Gasteiger partial charge < -0.3 is 10.0 Å². The number of rotatable bonds is 4. The van der Waals surface area contributed by atoms with Crippen molar-refractivity contribution in [1.82, 2.24) is 14.9 Å². The number of carbonyl (C=O) groups excluding carboxylic acids is 1. The Morgan fingerprint density at radius 2 is 2.20 bits per heavy atom. The van der Waals surface area contributed by atoms with Crippen molar-refractivity contribution in [3.63, 3.8) is 0 Å². The molecule has 1 aliphatic rings. The lowest BCUT2D eigenvalue weighted by atomic mass is 10.2. The quantitative estimate of drug-likeness (QED) is 0.921. The van der Waals surface area contributed by atoms with E-state index in [9.17, 15) is 9.90 Å². The number of hydrogen-bond donors (Lipinski definition) is 1. The van der Waals surface area contributed by atoms with Crippen LogP contribution in [0.15, 0.2) is 42.9 Å². The highest BCUT2D eigenvalue weighted by atomic mass is 16.3. The van der Waals surface area contributed by atoms with Crippen LogP contribution in [0.1, 0.15) is 28.9 Å². The Labute approximate surface area is 116 Å². The normalized spacial score (nSPS) is 14.0. The van der Waals surface area contributed by atoms with E-state index in [1.807, 2.05) is 18.2 Å². The van der Waals surface area contributed by atoms with E-state index in [0.29, 0.717) is 12.1 Å². The Morgan fingerprint density at radius 3 is 2.85 bits per heavy atom. The first-order valence-corrected chi connectivity index (χ1v) is 6.59. The summed E-state index contributed by atoms with van der Waals surface area (Å²) in [6.45, 7) is 0.486. The van der Waals surface area contributed by atoms with E-state index in [1.165, 1.54) is 18.5 Å². The zero-order valence-electron chi connectivity index (χ0n) is 10.9. The van der Waals surface area contributed by atoms with Crippen LogP contribution >= 0.6 is 0 Å². The Morgan fingerprint density at radius 1 is 1.35 bits per heavy atom. The second-order valence-electron chi connectivity index (χ2n) is 4.92. The molecule has 0 unspecified atom stereocenters. The van der Waals surface area contributed by atoms with Gasteiger partial charge in [-0.1, -0.05) is 6.07 Å². The minimum absolute atomic E-state index is 0.00410. The summed E-state index contributed by atoms with van der Waals surface area (Å²) in [6, 6.07) is 7.39. The minimum Gasteiger partial charge on any atom is -0.506 e. The topological polar surface area (TPSA) is 66.3 Å². The smallest absolute Gasteiger partial charge is 0.256 e. The zero-order chi connectivity index (χ0) is 13.9. The predicted molar refractivity (Wildman–Crippen MR) is 73.0 cm³/mol. The van der Waals surface area contributed by atoms with Crippen molar-refractivity contribution in [1.29, 1.82) is 0 Å². The van der Waals surface area contributed by atoms with Crippen molar-refractivity contribution < 1.29 is 9.90 Å². The fourth-order valence-corrected chi connectivity index (χ4v) is 2.13. The first kappa shape index (κ1) is 12.6. The van der Waals surface area contributed by atoms with Crippen molar-refractivity contribution >= 4 is 5.91 Å². The first-order valence-electron chi connectivity index (χ1n) is 6.59. The van der Waals surface area contributed by atoms with Crippen LogP contribution in [0.5, 0.6) is 5.75 Å². The summed E-state index contributed by atoms with van der Waals surface area (Å²) in [6.07, 6.45) is 6.56. The second kappa shape index (κ2) is 5.28. The molecule has 0 aliphatic heterocycles. The summed E-state index contributed by atoms with van der Waals surface area (Å²) < 4.78 is 0. The molecule has 0 radical (unpaired) electrons. The van der Waals surface area contributed by atoms with Crippen molar-refractivity contribution in [2.24, 2.45) is 0 Å². The summed E-state index contributed by atoms with van der Waals surface area (Å²) in [5, 5.41) is 9.44. The van der Waals surface area contributed by atoms with E-state index < -0.39 is 0 Å². The third kappa shape index (κ3) is 2.77. The van der Waals surface area contributed by atoms with Crippen LogP contribution in [0.2, 0.25) is 0 Å². The summed E-state index contributed by atoms with van der Waals surface area (Å²) in [7, 11) is 0. The molecular weight excluding hydrogens is 254 g/mol.